The van der Waals surface area contributed by atoms with E-state index in [9.17, 15) is 0 Å². The second-order valence-corrected chi connectivity index (χ2v) is 6.51. The summed E-state index contributed by atoms with van der Waals surface area (Å²) >= 11 is 0. The summed E-state index contributed by atoms with van der Waals surface area (Å²) in [6.07, 6.45) is 7.68. The molecule has 2 saturated heterocycles. The summed E-state index contributed by atoms with van der Waals surface area (Å²) < 4.78 is 1.94. The summed E-state index contributed by atoms with van der Waals surface area (Å²) in [5, 5.41) is 8.06. The fourth-order valence-corrected chi connectivity index (χ4v) is 3.87. The molecule has 0 saturated carbocycles. The van der Waals surface area contributed by atoms with Gasteiger partial charge in [-0.1, -0.05) is 0 Å². The molecule has 2 fully saturated rings. The van der Waals surface area contributed by atoms with Gasteiger partial charge in [-0.25, -0.2) is 0 Å². The number of likely N-dealkylation sites (tertiary alicyclic amines) is 1. The van der Waals surface area contributed by atoms with Crippen molar-refractivity contribution < 1.29 is 0 Å². The fraction of sp³-hybridized carbons (Fsp3) is 0.800. The summed E-state index contributed by atoms with van der Waals surface area (Å²) in [4.78, 5) is 2.64. The average Bonchev–Trinajstić information content (AvgIpc) is 2.69. The number of nitrogens with one attached hydrogen (secondary N) is 1. The van der Waals surface area contributed by atoms with Gasteiger partial charge in [0.25, 0.3) is 0 Å². The van der Waals surface area contributed by atoms with Crippen LogP contribution in [0.4, 0.5) is 0 Å². The number of aromatic nitrogens is 2. The number of piperidine rings is 2. The Morgan fingerprint density at radius 3 is 2.89 bits per heavy atom. The van der Waals surface area contributed by atoms with Crippen LogP contribution in [0.3, 0.4) is 0 Å². The Morgan fingerprint density at radius 1 is 1.37 bits per heavy atom. The zero-order chi connectivity index (χ0) is 13.3. The Bertz CT molecular complexity index is 426. The molecule has 4 heteroatoms. The molecule has 19 heavy (non-hydrogen) atoms. The molecular formula is C15H26N4. The van der Waals surface area contributed by atoms with Crippen LogP contribution in [0, 0.1) is 12.3 Å². The molecule has 2 aliphatic heterocycles. The number of hydrogen-bond acceptors (Lipinski definition) is 3. The lowest BCUT2D eigenvalue weighted by Crippen LogP contribution is -2.50. The molecule has 1 aromatic heterocycles. The smallest absolute Gasteiger partial charge is 0.0638 e. The highest BCUT2D eigenvalue weighted by molar-refractivity contribution is 5.15. The third-order valence-electron chi connectivity index (χ3n) is 4.81. The fourth-order valence-electron chi connectivity index (χ4n) is 3.87. The molecule has 4 nitrogen and oxygen atoms in total. The van der Waals surface area contributed by atoms with Crippen LogP contribution in [0.5, 0.6) is 0 Å². The van der Waals surface area contributed by atoms with Crippen molar-refractivity contribution in [3.8, 4) is 0 Å². The topological polar surface area (TPSA) is 33.1 Å². The van der Waals surface area contributed by atoms with Gasteiger partial charge in [-0.05, 0) is 51.1 Å². The maximum atomic E-state index is 4.46. The molecule has 1 spiro atoms. The van der Waals surface area contributed by atoms with E-state index in [2.05, 4.69) is 28.4 Å². The first-order valence-corrected chi connectivity index (χ1v) is 7.59. The molecule has 1 atom stereocenters. The average molecular weight is 262 g/mol. The third kappa shape index (κ3) is 2.84. The van der Waals surface area contributed by atoms with Crippen molar-refractivity contribution in [2.24, 2.45) is 12.5 Å². The van der Waals surface area contributed by atoms with E-state index in [0.29, 0.717) is 5.41 Å². The maximum absolute atomic E-state index is 4.46. The molecule has 1 unspecified atom stereocenters. The standard InChI is InChI=1S/C15H26N4/c1-13-14(9-18(2)17-13)10-19-8-4-6-15(12-19)5-3-7-16-11-15/h9,16H,3-8,10-12H2,1-2H3. The molecule has 0 bridgehead atoms. The van der Waals surface area contributed by atoms with Gasteiger partial charge in [0.05, 0.1) is 5.69 Å². The predicted molar refractivity (Wildman–Crippen MR) is 77.0 cm³/mol. The van der Waals surface area contributed by atoms with Gasteiger partial charge in [0.2, 0.25) is 0 Å². The molecule has 0 aromatic carbocycles. The lowest BCUT2D eigenvalue weighted by atomic mass is 9.74. The quantitative estimate of drug-likeness (QED) is 0.880. The predicted octanol–water partition coefficient (Wildman–Crippen LogP) is 1.69. The van der Waals surface area contributed by atoms with Gasteiger partial charge in [-0.2, -0.15) is 5.10 Å². The van der Waals surface area contributed by atoms with Crippen molar-refractivity contribution in [3.05, 3.63) is 17.5 Å². The minimum absolute atomic E-state index is 0.548. The maximum Gasteiger partial charge on any atom is 0.0638 e. The second-order valence-electron chi connectivity index (χ2n) is 6.51. The van der Waals surface area contributed by atoms with Crippen LogP contribution in [0.2, 0.25) is 0 Å². The van der Waals surface area contributed by atoms with E-state index in [-0.39, 0.29) is 0 Å². The van der Waals surface area contributed by atoms with E-state index < -0.39 is 0 Å². The Labute approximate surface area is 116 Å². The second kappa shape index (κ2) is 5.25. The number of rotatable bonds is 2. The lowest BCUT2D eigenvalue weighted by Gasteiger charge is -2.45. The lowest BCUT2D eigenvalue weighted by molar-refractivity contribution is 0.0599. The summed E-state index contributed by atoms with van der Waals surface area (Å²) in [6, 6.07) is 0. The van der Waals surface area contributed by atoms with Crippen LogP contribution in [0.1, 0.15) is 36.9 Å². The highest BCUT2D eigenvalue weighted by Gasteiger charge is 2.36. The van der Waals surface area contributed by atoms with E-state index in [0.717, 1.165) is 6.54 Å². The molecule has 0 aliphatic carbocycles. The monoisotopic (exact) mass is 262 g/mol. The van der Waals surface area contributed by atoms with Crippen molar-refractivity contribution in [2.75, 3.05) is 26.2 Å². The normalized spacial score (nSPS) is 28.9. The number of aryl methyl sites for hydroxylation is 2. The minimum Gasteiger partial charge on any atom is -0.316 e. The summed E-state index contributed by atoms with van der Waals surface area (Å²) in [7, 11) is 2.01. The highest BCUT2D eigenvalue weighted by Crippen LogP contribution is 2.36. The Hall–Kier alpha value is -0.870. The third-order valence-corrected chi connectivity index (χ3v) is 4.81. The van der Waals surface area contributed by atoms with Crippen LogP contribution in [0.15, 0.2) is 6.20 Å². The Kier molecular flexibility index (Phi) is 3.63. The van der Waals surface area contributed by atoms with E-state index in [1.807, 2.05) is 11.7 Å². The molecule has 3 rings (SSSR count). The first-order valence-electron chi connectivity index (χ1n) is 7.59. The molecular weight excluding hydrogens is 236 g/mol. The van der Waals surface area contributed by atoms with Gasteiger partial charge >= 0.3 is 0 Å². The molecule has 2 aliphatic rings. The van der Waals surface area contributed by atoms with Crippen molar-refractivity contribution >= 4 is 0 Å². The van der Waals surface area contributed by atoms with Crippen LogP contribution in [-0.4, -0.2) is 40.9 Å². The summed E-state index contributed by atoms with van der Waals surface area (Å²) in [5.41, 5.74) is 3.12. The SMILES string of the molecule is Cc1nn(C)cc1CN1CCCC2(CCCNC2)C1. The van der Waals surface area contributed by atoms with E-state index in [1.54, 1.807) is 0 Å². The van der Waals surface area contributed by atoms with Gasteiger partial charge in [0.1, 0.15) is 0 Å². The number of hydrogen-bond donors (Lipinski definition) is 1. The largest absolute Gasteiger partial charge is 0.316 e. The van der Waals surface area contributed by atoms with Crippen molar-refractivity contribution in [1.29, 1.82) is 0 Å². The van der Waals surface area contributed by atoms with Crippen LogP contribution < -0.4 is 5.32 Å². The zero-order valence-electron chi connectivity index (χ0n) is 12.3. The van der Waals surface area contributed by atoms with E-state index in [4.69, 9.17) is 0 Å². The molecule has 3 heterocycles. The Balaban J connectivity index is 1.66. The van der Waals surface area contributed by atoms with Crippen LogP contribution >= 0.6 is 0 Å². The van der Waals surface area contributed by atoms with Crippen molar-refractivity contribution in [3.63, 3.8) is 0 Å². The Morgan fingerprint density at radius 2 is 2.21 bits per heavy atom. The van der Waals surface area contributed by atoms with Crippen molar-refractivity contribution in [2.45, 2.75) is 39.2 Å². The number of nitrogens with zero attached hydrogens (tertiary/aromatic N) is 3. The van der Waals surface area contributed by atoms with Crippen LogP contribution in [-0.2, 0) is 13.6 Å². The first kappa shape index (κ1) is 13.1. The minimum atomic E-state index is 0.548. The molecule has 1 N–H and O–H groups in total. The van der Waals surface area contributed by atoms with E-state index in [1.165, 1.54) is 63.1 Å². The summed E-state index contributed by atoms with van der Waals surface area (Å²) in [5.74, 6) is 0. The molecule has 106 valence electrons. The van der Waals surface area contributed by atoms with E-state index >= 15 is 0 Å². The molecule has 0 amide bonds. The van der Waals surface area contributed by atoms with Gasteiger partial charge in [-0.15, -0.1) is 0 Å². The molecule has 1 aromatic rings. The van der Waals surface area contributed by atoms with Gasteiger partial charge in [0, 0.05) is 38.4 Å². The van der Waals surface area contributed by atoms with Gasteiger partial charge in [-0.3, -0.25) is 9.58 Å². The van der Waals surface area contributed by atoms with Crippen molar-refractivity contribution in [1.82, 2.24) is 20.0 Å². The van der Waals surface area contributed by atoms with Gasteiger partial charge in [0.15, 0.2) is 0 Å². The molecule has 0 radical (unpaired) electrons. The first-order chi connectivity index (χ1) is 9.17. The van der Waals surface area contributed by atoms with Crippen LogP contribution in [0.25, 0.3) is 0 Å². The highest BCUT2D eigenvalue weighted by atomic mass is 15.3. The van der Waals surface area contributed by atoms with Gasteiger partial charge < -0.3 is 5.32 Å². The summed E-state index contributed by atoms with van der Waals surface area (Å²) in [6.45, 7) is 8.13. The zero-order valence-corrected chi connectivity index (χ0v) is 12.3.